The predicted octanol–water partition coefficient (Wildman–Crippen LogP) is -11.5. The fraction of sp³-hybridized carbons (Fsp3) is 0.286. The molecule has 0 atom stereocenters. The summed E-state index contributed by atoms with van der Waals surface area (Å²) in [6.07, 6.45) is 0. The first-order valence-corrected chi connectivity index (χ1v) is 3.38. The summed E-state index contributed by atoms with van der Waals surface area (Å²) in [5, 5.41) is 48.8. The molecule has 0 radical (unpaired) electrons. The number of carbonyl (C=O) groups is 5. The summed E-state index contributed by atoms with van der Waals surface area (Å²) in [6, 6.07) is 0. The minimum atomic E-state index is -0.500. The zero-order valence-electron chi connectivity index (χ0n) is 10.6. The summed E-state index contributed by atoms with van der Waals surface area (Å²) >= 11 is 0. The van der Waals surface area contributed by atoms with Gasteiger partial charge in [-0.3, -0.25) is 0 Å². The van der Waals surface area contributed by atoms with E-state index in [1.54, 1.807) is 6.92 Å². The maximum atomic E-state index is 8.25. The van der Waals surface area contributed by atoms with Crippen molar-refractivity contribution in [3.05, 3.63) is 0 Å². The van der Waals surface area contributed by atoms with Gasteiger partial charge in [0.2, 0.25) is 0 Å². The number of hydrogen-bond donors (Lipinski definition) is 1. The molecule has 0 aromatic rings. The van der Waals surface area contributed by atoms with Gasteiger partial charge in [0.1, 0.15) is 0 Å². The third kappa shape index (κ3) is 6400. The third-order valence-electron chi connectivity index (χ3n) is 0. The van der Waals surface area contributed by atoms with Gasteiger partial charge in [-0.05, 0) is 6.92 Å². The van der Waals surface area contributed by atoms with Crippen LogP contribution in [0.3, 0.4) is 0 Å². The molecule has 0 aromatic carbocycles. The number of hydrogen-bond acceptors (Lipinski definition) is 11. The molecule has 0 bridgehead atoms. The minimum Gasteiger partial charge on any atom is -0.554 e. The Kier molecular flexibility index (Phi) is 509. The van der Waals surface area contributed by atoms with Crippen LogP contribution in [0.25, 0.3) is 0 Å². The topological polar surface area (TPSA) is 221 Å². The molecule has 13 heteroatoms. The normalized spacial score (nSPS) is 3.90. The summed E-state index contributed by atoms with van der Waals surface area (Å²) in [5.74, 6) is 0. The van der Waals surface area contributed by atoms with Crippen LogP contribution in [0.1, 0.15) is 6.92 Å². The smallest absolute Gasteiger partial charge is 0.554 e. The van der Waals surface area contributed by atoms with Crippen molar-refractivity contribution in [1.82, 2.24) is 0 Å². The van der Waals surface area contributed by atoms with E-state index in [1.165, 1.54) is 0 Å². The van der Waals surface area contributed by atoms with Crippen LogP contribution in [0.15, 0.2) is 0 Å². The Bertz CT molecular complexity index is 112. The quantitative estimate of drug-likeness (QED) is 0.322. The molecule has 0 heterocycles. The second kappa shape index (κ2) is 201. The van der Waals surface area contributed by atoms with Crippen LogP contribution in [0, 0.1) is 0 Å². The standard InChI is InChI=1S/C2H6O.5CH2O2.K.Si/c1-2-3;5*2-1-3;;/h3H,2H2,1H3;5*1H,(H,2,3);;/q;;;;;;+1;+4/p-5. The van der Waals surface area contributed by atoms with Gasteiger partial charge in [0.15, 0.2) is 0 Å². The van der Waals surface area contributed by atoms with Crippen molar-refractivity contribution in [2.45, 2.75) is 6.92 Å². The summed E-state index contributed by atoms with van der Waals surface area (Å²) < 4.78 is 0. The van der Waals surface area contributed by atoms with E-state index >= 15 is 0 Å². The number of aliphatic hydroxyl groups excluding tert-OH is 1. The maximum absolute atomic E-state index is 8.25. The van der Waals surface area contributed by atoms with Crippen molar-refractivity contribution in [2.75, 3.05) is 6.61 Å². The number of carboxylic acid groups (broad SMARTS) is 5. The first-order valence-electron chi connectivity index (χ1n) is 3.38. The predicted molar refractivity (Wildman–Crippen MR) is 48.8 cm³/mol. The van der Waals surface area contributed by atoms with E-state index < -0.39 is 32.4 Å². The molecule has 0 rings (SSSR count). The Balaban J connectivity index is -0.0000000141. The second-order valence-electron chi connectivity index (χ2n) is 0.797. The Hall–Kier alpha value is -0.837. The fourth-order valence-corrected chi connectivity index (χ4v) is 0. The van der Waals surface area contributed by atoms with Crippen LogP contribution >= 0.6 is 0 Å². The molecular formula is C7H11KO11Si. The van der Waals surface area contributed by atoms with Gasteiger partial charge in [0, 0.05) is 39.0 Å². The van der Waals surface area contributed by atoms with Crippen molar-refractivity contribution in [3.63, 3.8) is 0 Å². The molecule has 0 aliphatic rings. The Morgan fingerprint density at radius 3 is 0.700 bits per heavy atom. The van der Waals surface area contributed by atoms with Gasteiger partial charge in [0.05, 0.1) is 0 Å². The van der Waals surface area contributed by atoms with E-state index in [9.17, 15) is 0 Å². The van der Waals surface area contributed by atoms with Crippen molar-refractivity contribution >= 4 is 43.3 Å². The Morgan fingerprint density at radius 1 is 0.700 bits per heavy atom. The number of aliphatic hydroxyl groups is 1. The molecule has 20 heavy (non-hydrogen) atoms. The molecule has 1 N–H and O–H groups in total. The van der Waals surface area contributed by atoms with Crippen LogP contribution in [0.5, 0.6) is 0 Å². The van der Waals surface area contributed by atoms with Crippen molar-refractivity contribution in [2.24, 2.45) is 0 Å². The molecular weight excluding hydrogens is 327 g/mol. The minimum absolute atomic E-state index is 0. The first-order chi connectivity index (χ1) is 8.49. The Morgan fingerprint density at radius 2 is 0.700 bits per heavy atom. The average molecular weight is 338 g/mol. The van der Waals surface area contributed by atoms with Gasteiger partial charge in [-0.25, -0.2) is 0 Å². The average Bonchev–Trinajstić information content (AvgIpc) is 2.23. The summed E-state index contributed by atoms with van der Waals surface area (Å²) in [7, 11) is 0. The van der Waals surface area contributed by atoms with Gasteiger partial charge < -0.3 is 54.6 Å². The van der Waals surface area contributed by atoms with Crippen molar-refractivity contribution in [1.29, 1.82) is 0 Å². The molecule has 0 amide bonds. The molecule has 0 spiro atoms. The van der Waals surface area contributed by atoms with Gasteiger partial charge in [-0.1, -0.05) is 0 Å². The van der Waals surface area contributed by atoms with Crippen LogP contribution < -0.4 is 76.9 Å². The molecule has 0 fully saturated rings. The summed E-state index contributed by atoms with van der Waals surface area (Å²) in [4.78, 5) is 41.2. The van der Waals surface area contributed by atoms with Gasteiger partial charge in [-0.2, -0.15) is 0 Å². The van der Waals surface area contributed by atoms with Crippen LogP contribution in [-0.4, -0.2) is 55.0 Å². The first kappa shape index (κ1) is 50.7. The molecule has 0 aliphatic heterocycles. The Labute approximate surface area is 161 Å². The SMILES string of the molecule is CCO.O=C[O-].O=C[O-].O=C[O-].O=C[O-].O=C[O-].[K+].[Si+4]. The zero-order chi connectivity index (χ0) is 16.2. The van der Waals surface area contributed by atoms with E-state index in [2.05, 4.69) is 0 Å². The molecule has 0 unspecified atom stereocenters. The molecule has 110 valence electrons. The third-order valence-corrected chi connectivity index (χ3v) is 0. The molecule has 0 aliphatic carbocycles. The van der Waals surface area contributed by atoms with Gasteiger partial charge in [-0.15, -0.1) is 0 Å². The number of carbonyl (C=O) groups excluding carboxylic acids is 5. The van der Waals surface area contributed by atoms with E-state index in [0.717, 1.165) is 0 Å². The van der Waals surface area contributed by atoms with Crippen LogP contribution in [0.4, 0.5) is 0 Å². The van der Waals surface area contributed by atoms with E-state index in [-0.39, 0.29) is 69.0 Å². The van der Waals surface area contributed by atoms with Gasteiger partial charge in [0.25, 0.3) is 0 Å². The van der Waals surface area contributed by atoms with Crippen molar-refractivity contribution < 1.29 is 106 Å². The van der Waals surface area contributed by atoms with E-state index in [1.807, 2.05) is 0 Å². The second-order valence-corrected chi connectivity index (χ2v) is 0.797. The fourth-order valence-electron chi connectivity index (χ4n) is 0. The monoisotopic (exact) mass is 338 g/mol. The van der Waals surface area contributed by atoms with Gasteiger partial charge >= 0.3 is 62.3 Å². The van der Waals surface area contributed by atoms with E-state index in [4.69, 9.17) is 54.6 Å². The molecule has 0 aromatic heterocycles. The molecule has 0 saturated carbocycles. The number of rotatable bonds is 0. The molecule has 0 saturated heterocycles. The molecule has 11 nitrogen and oxygen atoms in total. The van der Waals surface area contributed by atoms with E-state index in [0.29, 0.717) is 0 Å². The summed E-state index contributed by atoms with van der Waals surface area (Å²) in [5.41, 5.74) is 0. The van der Waals surface area contributed by atoms with Crippen LogP contribution in [-0.2, 0) is 24.0 Å². The van der Waals surface area contributed by atoms with Crippen LogP contribution in [0.2, 0.25) is 0 Å². The largest absolute Gasteiger partial charge is 4.00 e. The zero-order valence-corrected chi connectivity index (χ0v) is 14.7. The van der Waals surface area contributed by atoms with Crippen molar-refractivity contribution in [3.8, 4) is 0 Å². The summed E-state index contributed by atoms with van der Waals surface area (Å²) in [6.45, 7) is -0.569. The maximum Gasteiger partial charge on any atom is 4.00 e.